The Bertz CT molecular complexity index is 308. The third-order valence-electron chi connectivity index (χ3n) is 5.18. The van der Waals surface area contributed by atoms with Crippen LogP contribution in [0, 0.1) is 11.3 Å². The molecule has 1 heterocycles. The lowest BCUT2D eigenvalue weighted by Crippen LogP contribution is -2.51. The van der Waals surface area contributed by atoms with Crippen molar-refractivity contribution in [3.63, 3.8) is 0 Å². The maximum atomic E-state index is 12.9. The van der Waals surface area contributed by atoms with Gasteiger partial charge in [0.25, 0.3) is 0 Å². The lowest BCUT2D eigenvalue weighted by atomic mass is 9.68. The molecule has 1 atom stereocenters. The molecule has 0 aromatic rings. The third kappa shape index (κ3) is 3.31. The van der Waals surface area contributed by atoms with Gasteiger partial charge in [-0.3, -0.25) is 4.79 Å². The fourth-order valence-corrected chi connectivity index (χ4v) is 3.86. The Morgan fingerprint density at radius 1 is 1.21 bits per heavy atom. The summed E-state index contributed by atoms with van der Waals surface area (Å²) in [5, 5.41) is 3.39. The van der Waals surface area contributed by atoms with Crippen LogP contribution in [0.1, 0.15) is 59.3 Å². The van der Waals surface area contributed by atoms with Crippen molar-refractivity contribution in [2.75, 3.05) is 19.6 Å². The van der Waals surface area contributed by atoms with E-state index in [0.29, 0.717) is 11.9 Å². The molecular formula is C16H30N2O. The zero-order valence-electron chi connectivity index (χ0n) is 12.9. The highest BCUT2D eigenvalue weighted by Crippen LogP contribution is 2.41. The predicted octanol–water partition coefficient (Wildman–Crippen LogP) is 2.80. The summed E-state index contributed by atoms with van der Waals surface area (Å²) in [6.45, 7) is 9.69. The van der Waals surface area contributed by atoms with E-state index in [1.165, 1.54) is 19.3 Å². The van der Waals surface area contributed by atoms with Crippen molar-refractivity contribution in [2.45, 2.75) is 65.3 Å². The highest BCUT2D eigenvalue weighted by Gasteiger charge is 2.40. The molecule has 19 heavy (non-hydrogen) atoms. The van der Waals surface area contributed by atoms with Crippen molar-refractivity contribution >= 4 is 5.91 Å². The molecule has 1 unspecified atom stereocenters. The normalized spacial score (nSPS) is 28.1. The molecule has 2 fully saturated rings. The first-order valence-corrected chi connectivity index (χ1v) is 8.07. The molecule has 0 radical (unpaired) electrons. The lowest BCUT2D eigenvalue weighted by Gasteiger charge is -2.43. The average molecular weight is 266 g/mol. The molecule has 0 aromatic carbocycles. The van der Waals surface area contributed by atoms with Crippen LogP contribution in [0.15, 0.2) is 0 Å². The molecular weight excluding hydrogens is 236 g/mol. The highest BCUT2D eigenvalue weighted by molar-refractivity contribution is 5.80. The van der Waals surface area contributed by atoms with Crippen LogP contribution in [0.2, 0.25) is 0 Å². The fraction of sp³-hybridized carbons (Fsp3) is 0.938. The van der Waals surface area contributed by atoms with Gasteiger partial charge in [0.2, 0.25) is 5.91 Å². The van der Waals surface area contributed by atoms with Gasteiger partial charge in [-0.05, 0) is 51.1 Å². The van der Waals surface area contributed by atoms with Gasteiger partial charge in [-0.2, -0.15) is 0 Å². The first kappa shape index (κ1) is 14.8. The molecule has 1 saturated carbocycles. The Morgan fingerprint density at radius 2 is 1.89 bits per heavy atom. The number of carbonyl (C=O) groups is 1. The summed E-state index contributed by atoms with van der Waals surface area (Å²) in [6, 6.07) is 0.469. The Hall–Kier alpha value is -0.570. The van der Waals surface area contributed by atoms with E-state index in [2.05, 4.69) is 31.0 Å². The minimum atomic E-state index is 0.190. The molecule has 2 rings (SSSR count). The van der Waals surface area contributed by atoms with E-state index in [0.717, 1.165) is 38.9 Å². The van der Waals surface area contributed by atoms with Gasteiger partial charge in [0.05, 0.1) is 0 Å². The molecule has 110 valence electrons. The Kier molecular flexibility index (Phi) is 4.88. The van der Waals surface area contributed by atoms with E-state index < -0.39 is 0 Å². The van der Waals surface area contributed by atoms with Crippen LogP contribution in [0.4, 0.5) is 0 Å². The van der Waals surface area contributed by atoms with Gasteiger partial charge in [-0.1, -0.05) is 26.7 Å². The molecule has 0 spiro atoms. The average Bonchev–Trinajstić information content (AvgIpc) is 2.40. The molecule has 3 nitrogen and oxygen atoms in total. The number of piperidine rings is 1. The van der Waals surface area contributed by atoms with Crippen molar-refractivity contribution in [3.05, 3.63) is 0 Å². The number of amides is 1. The maximum Gasteiger partial charge on any atom is 0.226 e. The number of carbonyl (C=O) groups excluding carboxylic acids is 1. The molecule has 1 aliphatic heterocycles. The third-order valence-corrected chi connectivity index (χ3v) is 5.18. The zero-order chi connectivity index (χ0) is 13.9. The zero-order valence-corrected chi connectivity index (χ0v) is 12.9. The second-order valence-electron chi connectivity index (χ2n) is 6.89. The van der Waals surface area contributed by atoms with Gasteiger partial charge >= 0.3 is 0 Å². The number of hydrogen-bond acceptors (Lipinski definition) is 2. The van der Waals surface area contributed by atoms with Crippen molar-refractivity contribution in [2.24, 2.45) is 11.3 Å². The van der Waals surface area contributed by atoms with E-state index in [1.807, 2.05) is 0 Å². The van der Waals surface area contributed by atoms with Crippen LogP contribution in [-0.2, 0) is 4.79 Å². The Balaban J connectivity index is 2.06. The van der Waals surface area contributed by atoms with Gasteiger partial charge in [-0.15, -0.1) is 0 Å². The quantitative estimate of drug-likeness (QED) is 0.852. The Morgan fingerprint density at radius 3 is 2.47 bits per heavy atom. The topological polar surface area (TPSA) is 32.3 Å². The molecule has 1 aliphatic carbocycles. The van der Waals surface area contributed by atoms with E-state index in [-0.39, 0.29) is 11.3 Å². The molecule has 0 bridgehead atoms. The van der Waals surface area contributed by atoms with Crippen molar-refractivity contribution in [3.8, 4) is 0 Å². The number of hydrogen-bond donors (Lipinski definition) is 1. The molecule has 0 aromatic heterocycles. The smallest absolute Gasteiger partial charge is 0.226 e. The van der Waals surface area contributed by atoms with Crippen LogP contribution < -0.4 is 5.32 Å². The van der Waals surface area contributed by atoms with Gasteiger partial charge in [0.1, 0.15) is 0 Å². The summed E-state index contributed by atoms with van der Waals surface area (Å²) in [6.07, 6.45) is 7.04. The molecule has 1 saturated heterocycles. The summed E-state index contributed by atoms with van der Waals surface area (Å²) in [4.78, 5) is 15.1. The van der Waals surface area contributed by atoms with E-state index >= 15 is 0 Å². The summed E-state index contributed by atoms with van der Waals surface area (Å²) < 4.78 is 0. The van der Waals surface area contributed by atoms with Crippen LogP contribution >= 0.6 is 0 Å². The molecule has 1 amide bonds. The molecule has 2 aliphatic rings. The van der Waals surface area contributed by atoms with Crippen LogP contribution in [0.3, 0.4) is 0 Å². The van der Waals surface area contributed by atoms with Gasteiger partial charge in [0.15, 0.2) is 0 Å². The van der Waals surface area contributed by atoms with Crippen molar-refractivity contribution in [1.29, 1.82) is 0 Å². The van der Waals surface area contributed by atoms with E-state index in [4.69, 9.17) is 0 Å². The summed E-state index contributed by atoms with van der Waals surface area (Å²) in [7, 11) is 0. The summed E-state index contributed by atoms with van der Waals surface area (Å²) in [5.74, 6) is 0.676. The number of nitrogens with zero attached hydrogens (tertiary/aromatic N) is 1. The SMILES string of the molecule is CCN(C(=O)C1CCCCC1(C)C)C1CCNCC1. The standard InChI is InChI=1S/C16H30N2O/c1-4-18(13-8-11-17-12-9-13)15(19)14-7-5-6-10-16(14,2)3/h13-14,17H,4-12H2,1-3H3. The second kappa shape index (κ2) is 6.25. The van der Waals surface area contributed by atoms with Crippen LogP contribution in [0.5, 0.6) is 0 Å². The highest BCUT2D eigenvalue weighted by atomic mass is 16.2. The van der Waals surface area contributed by atoms with Gasteiger partial charge < -0.3 is 10.2 Å². The van der Waals surface area contributed by atoms with Crippen LogP contribution in [-0.4, -0.2) is 36.5 Å². The van der Waals surface area contributed by atoms with Crippen LogP contribution in [0.25, 0.3) is 0 Å². The predicted molar refractivity (Wildman–Crippen MR) is 79.0 cm³/mol. The minimum Gasteiger partial charge on any atom is -0.340 e. The minimum absolute atomic E-state index is 0.190. The summed E-state index contributed by atoms with van der Waals surface area (Å²) >= 11 is 0. The van der Waals surface area contributed by atoms with E-state index in [9.17, 15) is 4.79 Å². The maximum absolute atomic E-state index is 12.9. The van der Waals surface area contributed by atoms with Gasteiger partial charge in [0, 0.05) is 18.5 Å². The Labute approximate surface area is 118 Å². The van der Waals surface area contributed by atoms with Crippen molar-refractivity contribution < 1.29 is 4.79 Å². The summed E-state index contributed by atoms with van der Waals surface area (Å²) in [5.41, 5.74) is 0.190. The molecule has 3 heteroatoms. The second-order valence-corrected chi connectivity index (χ2v) is 6.89. The largest absolute Gasteiger partial charge is 0.340 e. The monoisotopic (exact) mass is 266 g/mol. The fourth-order valence-electron chi connectivity index (χ4n) is 3.86. The number of rotatable bonds is 3. The van der Waals surface area contributed by atoms with Crippen molar-refractivity contribution in [1.82, 2.24) is 10.2 Å². The van der Waals surface area contributed by atoms with Gasteiger partial charge in [-0.25, -0.2) is 0 Å². The van der Waals surface area contributed by atoms with E-state index in [1.54, 1.807) is 0 Å². The molecule has 1 N–H and O–H groups in total. The number of nitrogens with one attached hydrogen (secondary N) is 1. The first-order chi connectivity index (χ1) is 9.06. The lowest BCUT2D eigenvalue weighted by molar-refractivity contribution is -0.144. The first-order valence-electron chi connectivity index (χ1n) is 8.07.